The molecule has 2 heterocycles. The molecule has 1 saturated carbocycles. The minimum absolute atomic E-state index is 0.765. The van der Waals surface area contributed by atoms with Gasteiger partial charge in [-0.05, 0) is 36.8 Å². The van der Waals surface area contributed by atoms with E-state index in [0.29, 0.717) is 0 Å². The molecule has 1 N–H and O–H groups in total. The molecule has 0 aliphatic heterocycles. The van der Waals surface area contributed by atoms with E-state index in [4.69, 9.17) is 0 Å². The number of imidazole rings is 1. The molecular weight excluding hydrogens is 230 g/mol. The first-order chi connectivity index (χ1) is 8.33. The van der Waals surface area contributed by atoms with Crippen LogP contribution in [0.15, 0.2) is 23.8 Å². The van der Waals surface area contributed by atoms with Crippen molar-refractivity contribution in [3.05, 3.63) is 40.1 Å². The number of hydrogen-bond donors (Lipinski definition) is 1. The van der Waals surface area contributed by atoms with Crippen LogP contribution in [0.25, 0.3) is 0 Å². The molecule has 90 valence electrons. The zero-order valence-electron chi connectivity index (χ0n) is 10.0. The summed E-state index contributed by atoms with van der Waals surface area (Å²) >= 11 is 1.86. The Balaban J connectivity index is 1.70. The molecule has 0 bridgehead atoms. The minimum Gasteiger partial charge on any atom is -0.348 e. The van der Waals surface area contributed by atoms with E-state index in [-0.39, 0.29) is 0 Å². The lowest BCUT2D eigenvalue weighted by Gasteiger charge is -2.20. The van der Waals surface area contributed by atoms with Gasteiger partial charge >= 0.3 is 0 Å². The molecular formula is C13H17N3S. The maximum absolute atomic E-state index is 4.32. The maximum Gasteiger partial charge on any atom is 0.120 e. The van der Waals surface area contributed by atoms with Gasteiger partial charge in [0.1, 0.15) is 5.82 Å². The van der Waals surface area contributed by atoms with E-state index < -0.39 is 0 Å². The standard InChI is InChI=1S/C13H17N3S/c1-10-4-7-17-12(10)8-16(11-2-3-11)9-13-14-5-6-15-13/h4-7,11H,2-3,8-9H2,1H3,(H,14,15). The second kappa shape index (κ2) is 4.63. The SMILES string of the molecule is Cc1ccsc1CN(Cc1ncc[nH]1)C1CC1. The van der Waals surface area contributed by atoms with Crippen LogP contribution in [0.1, 0.15) is 29.1 Å². The highest BCUT2D eigenvalue weighted by Gasteiger charge is 2.29. The summed E-state index contributed by atoms with van der Waals surface area (Å²) < 4.78 is 0. The van der Waals surface area contributed by atoms with Crippen LogP contribution in [0.5, 0.6) is 0 Å². The number of thiophene rings is 1. The van der Waals surface area contributed by atoms with Crippen LogP contribution in [0, 0.1) is 6.92 Å². The lowest BCUT2D eigenvalue weighted by atomic mass is 10.2. The van der Waals surface area contributed by atoms with Gasteiger partial charge in [-0.15, -0.1) is 11.3 Å². The van der Waals surface area contributed by atoms with Gasteiger partial charge < -0.3 is 4.98 Å². The van der Waals surface area contributed by atoms with Gasteiger partial charge in [-0.1, -0.05) is 0 Å². The lowest BCUT2D eigenvalue weighted by Crippen LogP contribution is -2.25. The fourth-order valence-corrected chi connectivity index (χ4v) is 3.01. The second-order valence-electron chi connectivity index (χ2n) is 4.70. The Hall–Kier alpha value is -1.13. The van der Waals surface area contributed by atoms with Crippen LogP contribution in [0.2, 0.25) is 0 Å². The van der Waals surface area contributed by atoms with Gasteiger partial charge in [0.15, 0.2) is 0 Å². The topological polar surface area (TPSA) is 31.9 Å². The summed E-state index contributed by atoms with van der Waals surface area (Å²) in [6.45, 7) is 4.20. The Kier molecular flexibility index (Phi) is 2.99. The van der Waals surface area contributed by atoms with Gasteiger partial charge in [0.25, 0.3) is 0 Å². The van der Waals surface area contributed by atoms with E-state index in [1.54, 1.807) is 0 Å². The van der Waals surface area contributed by atoms with E-state index in [9.17, 15) is 0 Å². The predicted molar refractivity (Wildman–Crippen MR) is 69.9 cm³/mol. The van der Waals surface area contributed by atoms with Crippen LogP contribution >= 0.6 is 11.3 Å². The number of aryl methyl sites for hydroxylation is 1. The summed E-state index contributed by atoms with van der Waals surface area (Å²) in [6, 6.07) is 2.97. The minimum atomic E-state index is 0.765. The largest absolute Gasteiger partial charge is 0.348 e. The third-order valence-electron chi connectivity index (χ3n) is 3.29. The average Bonchev–Trinajstić information content (AvgIpc) is 2.91. The number of aromatic amines is 1. The zero-order valence-corrected chi connectivity index (χ0v) is 10.8. The van der Waals surface area contributed by atoms with E-state index in [1.807, 2.05) is 23.7 Å². The fraction of sp³-hybridized carbons (Fsp3) is 0.462. The quantitative estimate of drug-likeness (QED) is 0.881. The van der Waals surface area contributed by atoms with Crippen molar-refractivity contribution in [2.45, 2.75) is 38.9 Å². The van der Waals surface area contributed by atoms with Gasteiger partial charge in [0.05, 0.1) is 6.54 Å². The van der Waals surface area contributed by atoms with Crippen molar-refractivity contribution < 1.29 is 0 Å². The number of hydrogen-bond acceptors (Lipinski definition) is 3. The van der Waals surface area contributed by atoms with Gasteiger partial charge in [-0.3, -0.25) is 4.90 Å². The number of nitrogens with one attached hydrogen (secondary N) is 1. The molecule has 0 spiro atoms. The average molecular weight is 247 g/mol. The van der Waals surface area contributed by atoms with E-state index in [2.05, 4.69) is 33.2 Å². The number of rotatable bonds is 5. The Morgan fingerprint density at radius 1 is 1.47 bits per heavy atom. The third-order valence-corrected chi connectivity index (χ3v) is 4.29. The summed E-state index contributed by atoms with van der Waals surface area (Å²) in [6.07, 6.45) is 6.41. The predicted octanol–water partition coefficient (Wildman–Crippen LogP) is 2.94. The molecule has 1 aliphatic rings. The first-order valence-electron chi connectivity index (χ1n) is 6.08. The number of H-pyrrole nitrogens is 1. The second-order valence-corrected chi connectivity index (χ2v) is 5.70. The first-order valence-corrected chi connectivity index (χ1v) is 6.96. The maximum atomic E-state index is 4.32. The van der Waals surface area contributed by atoms with Crippen molar-refractivity contribution in [3.63, 3.8) is 0 Å². The summed E-state index contributed by atoms with van der Waals surface area (Å²) in [4.78, 5) is 11.5. The molecule has 0 amide bonds. The summed E-state index contributed by atoms with van der Waals surface area (Å²) in [5, 5.41) is 2.18. The molecule has 2 aromatic rings. The van der Waals surface area contributed by atoms with Crippen molar-refractivity contribution in [2.75, 3.05) is 0 Å². The third kappa shape index (κ3) is 2.58. The molecule has 3 rings (SSSR count). The summed E-state index contributed by atoms with van der Waals surface area (Å²) in [5.74, 6) is 1.08. The monoisotopic (exact) mass is 247 g/mol. The van der Waals surface area contributed by atoms with Crippen molar-refractivity contribution in [3.8, 4) is 0 Å². The summed E-state index contributed by atoms with van der Waals surface area (Å²) in [7, 11) is 0. The molecule has 1 aliphatic carbocycles. The molecule has 0 saturated heterocycles. The van der Waals surface area contributed by atoms with Crippen LogP contribution in [-0.2, 0) is 13.1 Å². The van der Waals surface area contributed by atoms with Crippen LogP contribution < -0.4 is 0 Å². The van der Waals surface area contributed by atoms with Gasteiger partial charge in [0, 0.05) is 29.9 Å². The van der Waals surface area contributed by atoms with E-state index in [0.717, 1.165) is 25.0 Å². The van der Waals surface area contributed by atoms with Gasteiger partial charge in [-0.25, -0.2) is 4.98 Å². The Labute approximate surface area is 106 Å². The Morgan fingerprint density at radius 3 is 2.94 bits per heavy atom. The van der Waals surface area contributed by atoms with Crippen LogP contribution in [-0.4, -0.2) is 20.9 Å². The summed E-state index contributed by atoms with van der Waals surface area (Å²) in [5.41, 5.74) is 1.42. The fourth-order valence-electron chi connectivity index (χ4n) is 2.08. The molecule has 0 radical (unpaired) electrons. The highest BCUT2D eigenvalue weighted by atomic mass is 32.1. The Morgan fingerprint density at radius 2 is 2.35 bits per heavy atom. The number of aromatic nitrogens is 2. The van der Waals surface area contributed by atoms with Gasteiger partial charge in [-0.2, -0.15) is 0 Å². The van der Waals surface area contributed by atoms with Crippen molar-refractivity contribution in [2.24, 2.45) is 0 Å². The Bertz CT molecular complexity index is 471. The molecule has 0 atom stereocenters. The lowest BCUT2D eigenvalue weighted by molar-refractivity contribution is 0.242. The number of nitrogens with zero attached hydrogens (tertiary/aromatic N) is 2. The molecule has 3 nitrogen and oxygen atoms in total. The molecule has 2 aromatic heterocycles. The van der Waals surface area contributed by atoms with Crippen LogP contribution in [0.4, 0.5) is 0 Å². The smallest absolute Gasteiger partial charge is 0.120 e. The normalized spacial score (nSPS) is 15.6. The molecule has 4 heteroatoms. The molecule has 17 heavy (non-hydrogen) atoms. The van der Waals surface area contributed by atoms with Crippen molar-refractivity contribution >= 4 is 11.3 Å². The van der Waals surface area contributed by atoms with Gasteiger partial charge in [0.2, 0.25) is 0 Å². The highest BCUT2D eigenvalue weighted by Crippen LogP contribution is 2.31. The highest BCUT2D eigenvalue weighted by molar-refractivity contribution is 7.10. The van der Waals surface area contributed by atoms with Crippen molar-refractivity contribution in [1.82, 2.24) is 14.9 Å². The first kappa shape index (κ1) is 11.0. The molecule has 0 unspecified atom stereocenters. The zero-order chi connectivity index (χ0) is 11.7. The van der Waals surface area contributed by atoms with Crippen LogP contribution in [0.3, 0.4) is 0 Å². The molecule has 0 aromatic carbocycles. The van der Waals surface area contributed by atoms with E-state index in [1.165, 1.54) is 23.3 Å². The van der Waals surface area contributed by atoms with E-state index >= 15 is 0 Å². The van der Waals surface area contributed by atoms with Crippen molar-refractivity contribution in [1.29, 1.82) is 0 Å². The molecule has 1 fully saturated rings.